The molecule has 4 N–H and O–H groups in total. The van der Waals surface area contributed by atoms with Crippen molar-refractivity contribution in [3.8, 4) is 23.0 Å². The summed E-state index contributed by atoms with van der Waals surface area (Å²) in [6.07, 6.45) is 2.24. The zero-order valence-corrected chi connectivity index (χ0v) is 17.2. The van der Waals surface area contributed by atoms with E-state index in [-0.39, 0.29) is 11.5 Å². The van der Waals surface area contributed by atoms with Gasteiger partial charge in [0, 0.05) is 0 Å². The van der Waals surface area contributed by atoms with Gasteiger partial charge in [-0.05, 0) is 61.4 Å². The Labute approximate surface area is 179 Å². The van der Waals surface area contributed by atoms with Gasteiger partial charge in [-0.3, -0.25) is 9.59 Å². The summed E-state index contributed by atoms with van der Waals surface area (Å²) >= 11 is 0. The van der Waals surface area contributed by atoms with Crippen LogP contribution in [0.15, 0.2) is 46.6 Å². The molecule has 0 fully saturated rings. The Kier molecular flexibility index (Phi) is 8.84. The Morgan fingerprint density at radius 1 is 0.839 bits per heavy atom. The average Bonchev–Trinajstić information content (AvgIpc) is 2.73. The van der Waals surface area contributed by atoms with Crippen LogP contribution in [0.3, 0.4) is 0 Å². The molecule has 10 nitrogen and oxygen atoms in total. The normalized spacial score (nSPS) is 10.9. The minimum absolute atomic E-state index is 0.00155. The van der Waals surface area contributed by atoms with Crippen LogP contribution in [-0.2, 0) is 9.59 Å². The van der Waals surface area contributed by atoms with E-state index in [1.165, 1.54) is 24.6 Å². The summed E-state index contributed by atoms with van der Waals surface area (Å²) < 4.78 is 10.5. The van der Waals surface area contributed by atoms with Crippen LogP contribution in [0, 0.1) is 0 Å². The Bertz CT molecular complexity index is 897. The summed E-state index contributed by atoms with van der Waals surface area (Å²) in [7, 11) is 0. The molecule has 0 saturated carbocycles. The maximum absolute atomic E-state index is 11.8. The third-order valence-electron chi connectivity index (χ3n) is 3.69. The number of phenols is 2. The van der Waals surface area contributed by atoms with Gasteiger partial charge in [-0.25, -0.2) is 10.9 Å². The molecule has 2 aromatic rings. The zero-order chi connectivity index (χ0) is 22.6. The molecule has 0 unspecified atom stereocenters. The summed E-state index contributed by atoms with van der Waals surface area (Å²) in [6, 6.07) is 9.22. The van der Waals surface area contributed by atoms with E-state index in [1.807, 2.05) is 0 Å². The first kappa shape index (κ1) is 23.2. The number of nitrogens with one attached hydrogen (secondary N) is 2. The Morgan fingerprint density at radius 3 is 1.65 bits per heavy atom. The van der Waals surface area contributed by atoms with E-state index < -0.39 is 18.2 Å². The summed E-state index contributed by atoms with van der Waals surface area (Å²) in [6.45, 7) is 4.36. The molecule has 31 heavy (non-hydrogen) atoms. The molecule has 0 aliphatic heterocycles. The monoisotopic (exact) mass is 428 g/mol. The molecule has 0 aliphatic carbocycles. The molecule has 0 bridgehead atoms. The largest absolute Gasteiger partial charge is 0.504 e. The smallest absolute Gasteiger partial charge is 0.249 e. The summed E-state index contributed by atoms with van der Waals surface area (Å²) in [4.78, 5) is 23.6. The molecule has 0 heterocycles. The SMILES string of the molecule is CCOc1cc(/C=N/NC(=O)CC(=O)N/N=C/c2ccc(O)c(OCC)c2)ccc1O. The standard InChI is InChI=1S/C21H24N4O6/c1-3-30-18-9-14(5-7-16(18)26)12-22-24-20(28)11-21(29)25-23-13-15-6-8-17(27)19(10-15)31-4-2/h5-10,12-13,26-27H,3-4,11H2,1-2H3,(H,24,28)(H,25,29)/b22-12+,23-13+. The number of hydrogen-bond acceptors (Lipinski definition) is 8. The number of hydrogen-bond donors (Lipinski definition) is 4. The predicted octanol–water partition coefficient (Wildman–Crippen LogP) is 1.89. The maximum atomic E-state index is 11.8. The third-order valence-corrected chi connectivity index (χ3v) is 3.69. The molecule has 0 aromatic heterocycles. The van der Waals surface area contributed by atoms with E-state index in [0.717, 1.165) is 0 Å². The number of carbonyl (C=O) groups excluding carboxylic acids is 2. The van der Waals surface area contributed by atoms with Crippen molar-refractivity contribution in [1.82, 2.24) is 10.9 Å². The van der Waals surface area contributed by atoms with Gasteiger partial charge in [0.05, 0.1) is 25.6 Å². The van der Waals surface area contributed by atoms with Gasteiger partial charge in [-0.15, -0.1) is 0 Å². The van der Waals surface area contributed by atoms with Crippen molar-refractivity contribution in [3.05, 3.63) is 47.5 Å². The molecule has 2 aromatic carbocycles. The summed E-state index contributed by atoms with van der Waals surface area (Å²) in [5.41, 5.74) is 5.66. The van der Waals surface area contributed by atoms with Crippen LogP contribution in [0.5, 0.6) is 23.0 Å². The highest BCUT2D eigenvalue weighted by Gasteiger charge is 2.08. The molecular weight excluding hydrogens is 404 g/mol. The lowest BCUT2D eigenvalue weighted by Crippen LogP contribution is -2.27. The van der Waals surface area contributed by atoms with Gasteiger partial charge in [0.25, 0.3) is 0 Å². The minimum atomic E-state index is -0.629. The lowest BCUT2D eigenvalue weighted by Gasteiger charge is -2.06. The molecule has 0 radical (unpaired) electrons. The molecule has 164 valence electrons. The number of carbonyl (C=O) groups is 2. The highest BCUT2D eigenvalue weighted by Crippen LogP contribution is 2.26. The number of aromatic hydroxyl groups is 2. The Hall–Kier alpha value is -4.08. The second-order valence-electron chi connectivity index (χ2n) is 6.08. The minimum Gasteiger partial charge on any atom is -0.504 e. The molecule has 0 saturated heterocycles. The van der Waals surface area contributed by atoms with Crippen molar-refractivity contribution in [2.24, 2.45) is 10.2 Å². The number of amides is 2. The van der Waals surface area contributed by atoms with Gasteiger partial charge in [0.2, 0.25) is 11.8 Å². The highest BCUT2D eigenvalue weighted by molar-refractivity contribution is 5.97. The number of benzene rings is 2. The van der Waals surface area contributed by atoms with Crippen LogP contribution in [0.4, 0.5) is 0 Å². The van der Waals surface area contributed by atoms with Crippen LogP contribution < -0.4 is 20.3 Å². The van der Waals surface area contributed by atoms with Crippen LogP contribution in [0.1, 0.15) is 31.4 Å². The number of hydrazone groups is 2. The van der Waals surface area contributed by atoms with E-state index >= 15 is 0 Å². The van der Waals surface area contributed by atoms with Crippen LogP contribution >= 0.6 is 0 Å². The number of rotatable bonds is 10. The van der Waals surface area contributed by atoms with E-state index in [9.17, 15) is 19.8 Å². The maximum Gasteiger partial charge on any atom is 0.249 e. The van der Waals surface area contributed by atoms with Gasteiger partial charge in [0.1, 0.15) is 6.42 Å². The van der Waals surface area contributed by atoms with Crippen molar-refractivity contribution in [1.29, 1.82) is 0 Å². The van der Waals surface area contributed by atoms with E-state index in [1.54, 1.807) is 38.1 Å². The zero-order valence-electron chi connectivity index (χ0n) is 17.2. The third kappa shape index (κ3) is 7.69. The number of ether oxygens (including phenoxy) is 2. The van der Waals surface area contributed by atoms with Crippen molar-refractivity contribution >= 4 is 24.2 Å². The van der Waals surface area contributed by atoms with E-state index in [2.05, 4.69) is 21.1 Å². The Morgan fingerprint density at radius 2 is 1.26 bits per heavy atom. The van der Waals surface area contributed by atoms with Gasteiger partial charge >= 0.3 is 0 Å². The lowest BCUT2D eigenvalue weighted by molar-refractivity contribution is -0.129. The van der Waals surface area contributed by atoms with Crippen molar-refractivity contribution in [2.45, 2.75) is 20.3 Å². The first-order valence-corrected chi connectivity index (χ1v) is 9.48. The van der Waals surface area contributed by atoms with Gasteiger partial charge in [0.15, 0.2) is 23.0 Å². The van der Waals surface area contributed by atoms with Crippen molar-refractivity contribution < 1.29 is 29.3 Å². The first-order valence-electron chi connectivity index (χ1n) is 9.48. The molecule has 2 amide bonds. The molecule has 0 spiro atoms. The molecule has 10 heteroatoms. The molecule has 2 rings (SSSR count). The lowest BCUT2D eigenvalue weighted by atomic mass is 10.2. The van der Waals surface area contributed by atoms with E-state index in [0.29, 0.717) is 35.8 Å². The molecule has 0 aliphatic rings. The first-order chi connectivity index (χ1) is 14.9. The predicted molar refractivity (Wildman–Crippen MR) is 115 cm³/mol. The van der Waals surface area contributed by atoms with Gasteiger partial charge in [-0.1, -0.05) is 0 Å². The fourth-order valence-corrected chi connectivity index (χ4v) is 2.35. The van der Waals surface area contributed by atoms with Crippen LogP contribution in [0.2, 0.25) is 0 Å². The van der Waals surface area contributed by atoms with Gasteiger partial charge < -0.3 is 19.7 Å². The van der Waals surface area contributed by atoms with Gasteiger partial charge in [-0.2, -0.15) is 10.2 Å². The number of nitrogens with zero attached hydrogens (tertiary/aromatic N) is 2. The van der Waals surface area contributed by atoms with Crippen molar-refractivity contribution in [3.63, 3.8) is 0 Å². The van der Waals surface area contributed by atoms with Crippen LogP contribution in [0.25, 0.3) is 0 Å². The van der Waals surface area contributed by atoms with Crippen LogP contribution in [-0.4, -0.2) is 47.7 Å². The summed E-state index contributed by atoms with van der Waals surface area (Å²) in [5.74, 6) is -0.649. The number of phenolic OH excluding ortho intramolecular Hbond substituents is 2. The quantitative estimate of drug-likeness (QED) is 0.259. The summed E-state index contributed by atoms with van der Waals surface area (Å²) in [5, 5.41) is 26.9. The average molecular weight is 428 g/mol. The molecule has 0 atom stereocenters. The van der Waals surface area contributed by atoms with Crippen molar-refractivity contribution in [2.75, 3.05) is 13.2 Å². The second-order valence-corrected chi connectivity index (χ2v) is 6.08. The Balaban J connectivity index is 1.81. The highest BCUT2D eigenvalue weighted by atomic mass is 16.5. The topological polar surface area (TPSA) is 142 Å². The molecular formula is C21H24N4O6. The van der Waals surface area contributed by atoms with E-state index in [4.69, 9.17) is 9.47 Å². The fraction of sp³-hybridized carbons (Fsp3) is 0.238. The fourth-order valence-electron chi connectivity index (χ4n) is 2.35. The second kappa shape index (κ2) is 11.8.